The number of rotatable bonds is 6. The van der Waals surface area contributed by atoms with Crippen LogP contribution >= 0.6 is 23.1 Å². The normalized spacial score (nSPS) is 17.8. The molecule has 2 amide bonds. The van der Waals surface area contributed by atoms with Crippen molar-refractivity contribution < 1.29 is 9.59 Å². The van der Waals surface area contributed by atoms with Gasteiger partial charge in [-0.1, -0.05) is 0 Å². The minimum absolute atomic E-state index is 0.0566. The van der Waals surface area contributed by atoms with Gasteiger partial charge in [0.05, 0.1) is 16.6 Å². The predicted octanol–water partition coefficient (Wildman–Crippen LogP) is 2.15. The lowest BCUT2D eigenvalue weighted by atomic mass is 10.2. The number of hydrogen-bond donors (Lipinski definition) is 0. The Labute approximate surface area is 140 Å². The maximum Gasteiger partial charge on any atom is 0.246 e. The minimum atomic E-state index is -0.297. The van der Waals surface area contributed by atoms with Crippen molar-refractivity contribution in [2.75, 3.05) is 24.7 Å². The van der Waals surface area contributed by atoms with Crippen LogP contribution in [0, 0.1) is 6.92 Å². The maximum atomic E-state index is 12.5. The molecule has 1 saturated heterocycles. The van der Waals surface area contributed by atoms with Crippen LogP contribution in [0.1, 0.15) is 31.0 Å². The van der Waals surface area contributed by atoms with E-state index >= 15 is 0 Å². The third-order valence-electron chi connectivity index (χ3n) is 3.82. The molecule has 22 heavy (non-hydrogen) atoms. The van der Waals surface area contributed by atoms with E-state index in [1.165, 1.54) is 0 Å². The molecule has 1 aromatic heterocycles. The topological polar surface area (TPSA) is 53.5 Å². The summed E-state index contributed by atoms with van der Waals surface area (Å²) in [6.07, 6.45) is 1.07. The quantitative estimate of drug-likeness (QED) is 0.796. The van der Waals surface area contributed by atoms with E-state index in [2.05, 4.69) is 4.98 Å². The second-order valence-electron chi connectivity index (χ2n) is 5.25. The van der Waals surface area contributed by atoms with Crippen LogP contribution in [0.15, 0.2) is 5.38 Å². The average molecular weight is 342 g/mol. The molecule has 0 aromatic carbocycles. The van der Waals surface area contributed by atoms with Crippen LogP contribution in [0.25, 0.3) is 0 Å². The third-order valence-corrected chi connectivity index (χ3v) is 5.66. The zero-order valence-electron chi connectivity index (χ0n) is 13.4. The molecular weight excluding hydrogens is 318 g/mol. The Morgan fingerprint density at radius 1 is 1.41 bits per heavy atom. The van der Waals surface area contributed by atoms with Gasteiger partial charge in [-0.05, 0) is 27.2 Å². The van der Waals surface area contributed by atoms with E-state index in [0.29, 0.717) is 37.6 Å². The Morgan fingerprint density at radius 3 is 2.73 bits per heavy atom. The summed E-state index contributed by atoms with van der Waals surface area (Å²) in [5, 5.41) is 3.02. The van der Waals surface area contributed by atoms with E-state index in [-0.39, 0.29) is 17.9 Å². The highest BCUT2D eigenvalue weighted by molar-refractivity contribution is 7.99. The van der Waals surface area contributed by atoms with Gasteiger partial charge in [-0.25, -0.2) is 4.98 Å². The fourth-order valence-corrected chi connectivity index (χ4v) is 4.36. The molecule has 0 unspecified atom stereocenters. The molecule has 2 heterocycles. The van der Waals surface area contributed by atoms with Crippen molar-refractivity contribution in [3.05, 3.63) is 16.1 Å². The minimum Gasteiger partial charge on any atom is -0.341 e. The van der Waals surface area contributed by atoms with Crippen LogP contribution in [0.5, 0.6) is 0 Å². The number of carbonyl (C=O) groups is 2. The molecule has 122 valence electrons. The fourth-order valence-electron chi connectivity index (χ4n) is 2.54. The van der Waals surface area contributed by atoms with Gasteiger partial charge in [0.1, 0.15) is 6.04 Å². The monoisotopic (exact) mass is 341 g/mol. The first-order chi connectivity index (χ1) is 10.6. The lowest BCUT2D eigenvalue weighted by molar-refractivity contribution is -0.143. The van der Waals surface area contributed by atoms with E-state index in [1.54, 1.807) is 32.9 Å². The highest BCUT2D eigenvalue weighted by Gasteiger charge is 2.36. The van der Waals surface area contributed by atoms with E-state index in [1.807, 2.05) is 26.2 Å². The molecule has 0 radical (unpaired) electrons. The summed E-state index contributed by atoms with van der Waals surface area (Å²) >= 11 is 3.26. The van der Waals surface area contributed by atoms with Crippen molar-refractivity contribution in [2.24, 2.45) is 0 Å². The largest absolute Gasteiger partial charge is 0.341 e. The molecule has 2 rings (SSSR count). The number of thioether (sulfide) groups is 1. The summed E-state index contributed by atoms with van der Waals surface area (Å²) in [6.45, 7) is 7.29. The molecule has 0 saturated carbocycles. The van der Waals surface area contributed by atoms with Gasteiger partial charge in [-0.2, -0.15) is 0 Å². The molecule has 1 atom stereocenters. The molecule has 0 aliphatic carbocycles. The molecular formula is C15H23N3O2S2. The van der Waals surface area contributed by atoms with Gasteiger partial charge in [-0.3, -0.25) is 9.59 Å². The van der Waals surface area contributed by atoms with Crippen LogP contribution in [-0.2, 0) is 16.0 Å². The summed E-state index contributed by atoms with van der Waals surface area (Å²) in [4.78, 5) is 32.9. The second-order valence-corrected chi connectivity index (χ2v) is 7.31. The van der Waals surface area contributed by atoms with Gasteiger partial charge in [0, 0.05) is 30.6 Å². The van der Waals surface area contributed by atoms with Crippen molar-refractivity contribution in [3.8, 4) is 0 Å². The number of aromatic nitrogens is 1. The van der Waals surface area contributed by atoms with Crippen molar-refractivity contribution in [1.29, 1.82) is 0 Å². The molecule has 7 heteroatoms. The van der Waals surface area contributed by atoms with Crippen molar-refractivity contribution in [2.45, 2.75) is 39.7 Å². The predicted molar refractivity (Wildman–Crippen MR) is 91.1 cm³/mol. The Hall–Kier alpha value is -1.08. The van der Waals surface area contributed by atoms with Gasteiger partial charge in [0.15, 0.2) is 0 Å². The van der Waals surface area contributed by atoms with Crippen molar-refractivity contribution >= 4 is 34.9 Å². The van der Waals surface area contributed by atoms with Crippen LogP contribution < -0.4 is 0 Å². The number of thiazole rings is 1. The first kappa shape index (κ1) is 17.3. The molecule has 1 aliphatic heterocycles. The van der Waals surface area contributed by atoms with Gasteiger partial charge in [0.2, 0.25) is 11.8 Å². The summed E-state index contributed by atoms with van der Waals surface area (Å²) in [5.41, 5.74) is 0.967. The van der Waals surface area contributed by atoms with Crippen LogP contribution in [0.2, 0.25) is 0 Å². The molecule has 0 spiro atoms. The first-order valence-corrected chi connectivity index (χ1v) is 9.67. The number of likely N-dealkylation sites (N-methyl/N-ethyl adjacent to an activating group) is 1. The van der Waals surface area contributed by atoms with Crippen LogP contribution in [0.4, 0.5) is 0 Å². The number of hydrogen-bond acceptors (Lipinski definition) is 5. The molecule has 1 aromatic rings. The average Bonchev–Trinajstić information content (AvgIpc) is 3.14. The Bertz CT molecular complexity index is 529. The smallest absolute Gasteiger partial charge is 0.246 e. The van der Waals surface area contributed by atoms with Crippen molar-refractivity contribution in [3.63, 3.8) is 0 Å². The van der Waals surface area contributed by atoms with Crippen LogP contribution in [0.3, 0.4) is 0 Å². The van der Waals surface area contributed by atoms with Crippen LogP contribution in [-0.4, -0.2) is 57.4 Å². The summed E-state index contributed by atoms with van der Waals surface area (Å²) in [5.74, 6) is 1.46. The first-order valence-electron chi connectivity index (χ1n) is 7.63. The van der Waals surface area contributed by atoms with Gasteiger partial charge >= 0.3 is 0 Å². The lowest BCUT2D eigenvalue weighted by Crippen LogP contribution is -2.49. The van der Waals surface area contributed by atoms with E-state index < -0.39 is 0 Å². The highest BCUT2D eigenvalue weighted by atomic mass is 32.2. The zero-order valence-corrected chi connectivity index (χ0v) is 15.0. The highest BCUT2D eigenvalue weighted by Crippen LogP contribution is 2.24. The number of amides is 2. The number of carbonyl (C=O) groups excluding carboxylic acids is 2. The van der Waals surface area contributed by atoms with Crippen molar-refractivity contribution in [1.82, 2.24) is 14.8 Å². The van der Waals surface area contributed by atoms with Gasteiger partial charge < -0.3 is 9.80 Å². The Kier molecular flexibility index (Phi) is 6.26. The van der Waals surface area contributed by atoms with Gasteiger partial charge in [0.25, 0.3) is 0 Å². The fraction of sp³-hybridized carbons (Fsp3) is 0.667. The lowest BCUT2D eigenvalue weighted by Gasteiger charge is -2.28. The molecule has 5 nitrogen and oxygen atoms in total. The van der Waals surface area contributed by atoms with Gasteiger partial charge in [-0.15, -0.1) is 23.1 Å². The zero-order chi connectivity index (χ0) is 16.1. The molecule has 1 aliphatic rings. The van der Waals surface area contributed by atoms with E-state index in [4.69, 9.17) is 0 Å². The maximum absolute atomic E-state index is 12.5. The molecule has 0 N–H and O–H groups in total. The molecule has 0 bridgehead atoms. The number of aryl methyl sites for hydroxylation is 2. The SMILES string of the molecule is CCN(CC)C(=O)[C@H]1CSCN1C(=O)CCc1csc(C)n1. The Balaban J connectivity index is 1.94. The third kappa shape index (κ3) is 4.01. The second kappa shape index (κ2) is 7.97. The molecule has 1 fully saturated rings. The summed E-state index contributed by atoms with van der Waals surface area (Å²) in [7, 11) is 0. The standard InChI is InChI=1S/C15H23N3O2S2/c1-4-17(5-2)15(20)13-9-21-10-18(13)14(19)7-6-12-8-22-11(3)16-12/h8,13H,4-7,9-10H2,1-3H3/t13-/m1/s1. The number of nitrogens with zero attached hydrogens (tertiary/aromatic N) is 3. The van der Waals surface area contributed by atoms with E-state index in [9.17, 15) is 9.59 Å². The Morgan fingerprint density at radius 2 is 2.14 bits per heavy atom. The summed E-state index contributed by atoms with van der Waals surface area (Å²) < 4.78 is 0. The summed E-state index contributed by atoms with van der Waals surface area (Å²) in [6, 6.07) is -0.297. The van der Waals surface area contributed by atoms with E-state index in [0.717, 1.165) is 10.7 Å².